The fourth-order valence-corrected chi connectivity index (χ4v) is 1.69. The minimum Gasteiger partial charge on any atom is -0.478 e. The molecule has 5 heteroatoms. The first-order chi connectivity index (χ1) is 9.72. The van der Waals surface area contributed by atoms with Crippen LogP contribution in [0.3, 0.4) is 0 Å². The Morgan fingerprint density at radius 2 is 2.20 bits per heavy atom. The smallest absolute Gasteiger partial charge is 0.215 e. The van der Waals surface area contributed by atoms with Crippen LogP contribution in [0.5, 0.6) is 5.88 Å². The van der Waals surface area contributed by atoms with Crippen molar-refractivity contribution in [3.8, 4) is 11.9 Å². The van der Waals surface area contributed by atoms with Gasteiger partial charge in [-0.2, -0.15) is 10.2 Å². The number of nitrogens with one attached hydrogen (secondary N) is 1. The van der Waals surface area contributed by atoms with Crippen LogP contribution in [0.1, 0.15) is 18.1 Å². The van der Waals surface area contributed by atoms with Crippen molar-refractivity contribution in [2.24, 2.45) is 0 Å². The summed E-state index contributed by atoms with van der Waals surface area (Å²) in [5.74, 6) is 0.732. The van der Waals surface area contributed by atoms with Crippen molar-refractivity contribution in [2.45, 2.75) is 13.5 Å². The Kier molecular flexibility index (Phi) is 4.51. The molecule has 0 aliphatic heterocycles. The molecule has 0 aliphatic carbocycles. The zero-order chi connectivity index (χ0) is 14.4. The SMILES string of the molecule is CCOc1cccc(NCc2ccc(C#N)cc2F)n1. The lowest BCUT2D eigenvalue weighted by molar-refractivity contribution is 0.327. The van der Waals surface area contributed by atoms with Gasteiger partial charge in [0, 0.05) is 18.2 Å². The molecule has 1 N–H and O–H groups in total. The monoisotopic (exact) mass is 271 g/mol. The van der Waals surface area contributed by atoms with E-state index < -0.39 is 5.82 Å². The van der Waals surface area contributed by atoms with Gasteiger partial charge in [-0.1, -0.05) is 12.1 Å². The molecule has 1 aromatic carbocycles. The predicted molar refractivity (Wildman–Crippen MR) is 73.8 cm³/mol. The van der Waals surface area contributed by atoms with Crippen molar-refractivity contribution in [2.75, 3.05) is 11.9 Å². The summed E-state index contributed by atoms with van der Waals surface area (Å²) in [6.07, 6.45) is 0. The van der Waals surface area contributed by atoms with Gasteiger partial charge in [-0.3, -0.25) is 0 Å². The molecule has 0 unspecified atom stereocenters. The number of anilines is 1. The first-order valence-corrected chi connectivity index (χ1v) is 6.25. The summed E-state index contributed by atoms with van der Waals surface area (Å²) in [5.41, 5.74) is 0.787. The third kappa shape index (κ3) is 3.45. The van der Waals surface area contributed by atoms with E-state index in [2.05, 4.69) is 10.3 Å². The largest absolute Gasteiger partial charge is 0.478 e. The van der Waals surface area contributed by atoms with E-state index in [1.165, 1.54) is 6.07 Å². The van der Waals surface area contributed by atoms with Gasteiger partial charge in [-0.05, 0) is 25.1 Å². The Labute approximate surface area is 116 Å². The van der Waals surface area contributed by atoms with Crippen LogP contribution in [-0.4, -0.2) is 11.6 Å². The van der Waals surface area contributed by atoms with Gasteiger partial charge in [-0.25, -0.2) is 4.39 Å². The van der Waals surface area contributed by atoms with E-state index in [-0.39, 0.29) is 0 Å². The average Bonchev–Trinajstić information content (AvgIpc) is 2.46. The number of ether oxygens (including phenoxy) is 1. The number of pyridine rings is 1. The van der Waals surface area contributed by atoms with Crippen LogP contribution in [0.25, 0.3) is 0 Å². The van der Waals surface area contributed by atoms with Gasteiger partial charge in [0.2, 0.25) is 5.88 Å². The highest BCUT2D eigenvalue weighted by molar-refractivity contribution is 5.39. The number of halogens is 1. The van der Waals surface area contributed by atoms with Crippen molar-refractivity contribution in [3.05, 3.63) is 53.3 Å². The van der Waals surface area contributed by atoms with Crippen molar-refractivity contribution >= 4 is 5.82 Å². The maximum atomic E-state index is 13.7. The predicted octanol–water partition coefficient (Wildman–Crippen LogP) is 3.10. The first kappa shape index (κ1) is 13.8. The Morgan fingerprint density at radius 3 is 2.90 bits per heavy atom. The summed E-state index contributed by atoms with van der Waals surface area (Å²) in [5, 5.41) is 11.7. The molecule has 0 fully saturated rings. The summed E-state index contributed by atoms with van der Waals surface area (Å²) in [6.45, 7) is 2.72. The molecule has 102 valence electrons. The fraction of sp³-hybridized carbons (Fsp3) is 0.200. The lowest BCUT2D eigenvalue weighted by Gasteiger charge is -2.08. The Hall–Kier alpha value is -2.61. The van der Waals surface area contributed by atoms with Gasteiger partial charge in [0.25, 0.3) is 0 Å². The molecule has 0 saturated carbocycles. The number of aromatic nitrogens is 1. The number of rotatable bonds is 5. The summed E-state index contributed by atoms with van der Waals surface area (Å²) in [7, 11) is 0. The van der Waals surface area contributed by atoms with Crippen LogP contribution in [0.4, 0.5) is 10.2 Å². The van der Waals surface area contributed by atoms with Gasteiger partial charge in [0.1, 0.15) is 11.6 Å². The van der Waals surface area contributed by atoms with E-state index in [4.69, 9.17) is 10.00 Å². The van der Waals surface area contributed by atoms with Crippen LogP contribution < -0.4 is 10.1 Å². The van der Waals surface area contributed by atoms with Crippen LogP contribution in [0, 0.1) is 17.1 Å². The second kappa shape index (κ2) is 6.53. The molecule has 2 aromatic rings. The van der Waals surface area contributed by atoms with Gasteiger partial charge in [-0.15, -0.1) is 0 Å². The minimum atomic E-state index is -0.405. The van der Waals surface area contributed by atoms with E-state index in [9.17, 15) is 4.39 Å². The molecule has 0 saturated heterocycles. The molecular weight excluding hydrogens is 257 g/mol. The number of hydrogen-bond donors (Lipinski definition) is 1. The second-order valence-electron chi connectivity index (χ2n) is 4.07. The zero-order valence-electron chi connectivity index (χ0n) is 11.1. The van der Waals surface area contributed by atoms with Crippen LogP contribution >= 0.6 is 0 Å². The summed E-state index contributed by atoms with van der Waals surface area (Å²) >= 11 is 0. The van der Waals surface area contributed by atoms with Crippen molar-refractivity contribution in [1.82, 2.24) is 4.98 Å². The Morgan fingerprint density at radius 1 is 1.35 bits per heavy atom. The molecule has 0 bridgehead atoms. The number of hydrogen-bond acceptors (Lipinski definition) is 4. The summed E-state index contributed by atoms with van der Waals surface area (Å²) < 4.78 is 19.0. The first-order valence-electron chi connectivity index (χ1n) is 6.25. The molecule has 0 spiro atoms. The number of nitrogens with zero attached hydrogens (tertiary/aromatic N) is 2. The quantitative estimate of drug-likeness (QED) is 0.907. The maximum Gasteiger partial charge on any atom is 0.215 e. The lowest BCUT2D eigenvalue weighted by Crippen LogP contribution is -2.04. The molecule has 1 heterocycles. The highest BCUT2D eigenvalue weighted by atomic mass is 19.1. The molecule has 0 radical (unpaired) electrons. The molecule has 2 rings (SSSR count). The van der Waals surface area contributed by atoms with E-state index in [1.807, 2.05) is 19.1 Å². The van der Waals surface area contributed by atoms with Crippen molar-refractivity contribution in [3.63, 3.8) is 0 Å². The maximum absolute atomic E-state index is 13.7. The third-order valence-electron chi connectivity index (χ3n) is 2.66. The van der Waals surface area contributed by atoms with E-state index in [0.29, 0.717) is 36.0 Å². The van der Waals surface area contributed by atoms with Crippen molar-refractivity contribution < 1.29 is 9.13 Å². The molecule has 4 nitrogen and oxygen atoms in total. The zero-order valence-corrected chi connectivity index (χ0v) is 11.1. The normalized spacial score (nSPS) is 9.85. The topological polar surface area (TPSA) is 57.9 Å². The molecule has 0 amide bonds. The third-order valence-corrected chi connectivity index (χ3v) is 2.66. The number of benzene rings is 1. The second-order valence-corrected chi connectivity index (χ2v) is 4.07. The van der Waals surface area contributed by atoms with Gasteiger partial charge in [0.05, 0.1) is 18.2 Å². The fourth-order valence-electron chi connectivity index (χ4n) is 1.69. The van der Waals surface area contributed by atoms with Gasteiger partial charge < -0.3 is 10.1 Å². The van der Waals surface area contributed by atoms with E-state index in [0.717, 1.165) is 0 Å². The lowest BCUT2D eigenvalue weighted by atomic mass is 10.1. The van der Waals surface area contributed by atoms with E-state index in [1.54, 1.807) is 24.3 Å². The van der Waals surface area contributed by atoms with Gasteiger partial charge >= 0.3 is 0 Å². The van der Waals surface area contributed by atoms with Crippen molar-refractivity contribution in [1.29, 1.82) is 5.26 Å². The van der Waals surface area contributed by atoms with Gasteiger partial charge in [0.15, 0.2) is 0 Å². The summed E-state index contributed by atoms with van der Waals surface area (Å²) in [6, 6.07) is 11.7. The Bertz CT molecular complexity index is 637. The van der Waals surface area contributed by atoms with Crippen LogP contribution in [0.2, 0.25) is 0 Å². The molecule has 0 atom stereocenters. The molecule has 20 heavy (non-hydrogen) atoms. The highest BCUT2D eigenvalue weighted by Gasteiger charge is 2.04. The number of nitriles is 1. The van der Waals surface area contributed by atoms with Crippen LogP contribution in [-0.2, 0) is 6.54 Å². The Balaban J connectivity index is 2.05. The highest BCUT2D eigenvalue weighted by Crippen LogP contribution is 2.14. The standard InChI is InChI=1S/C15H14FN3O/c1-2-20-15-5-3-4-14(19-15)18-10-12-7-6-11(9-17)8-13(12)16/h3-8H,2,10H2,1H3,(H,18,19). The molecule has 0 aliphatic rings. The summed E-state index contributed by atoms with van der Waals surface area (Å²) in [4.78, 5) is 4.23. The van der Waals surface area contributed by atoms with E-state index >= 15 is 0 Å². The molecular formula is C15H14FN3O. The molecule has 1 aromatic heterocycles. The van der Waals surface area contributed by atoms with Crippen LogP contribution in [0.15, 0.2) is 36.4 Å². The minimum absolute atomic E-state index is 0.292. The average molecular weight is 271 g/mol.